The van der Waals surface area contributed by atoms with E-state index in [0.29, 0.717) is 11.4 Å². The van der Waals surface area contributed by atoms with Gasteiger partial charge in [-0.15, -0.1) is 0 Å². The molecule has 0 aliphatic carbocycles. The highest BCUT2D eigenvalue weighted by molar-refractivity contribution is 5.94. The van der Waals surface area contributed by atoms with Crippen molar-refractivity contribution >= 4 is 22.9 Å². The summed E-state index contributed by atoms with van der Waals surface area (Å²) in [6, 6.07) is 5.30. The third-order valence-electron chi connectivity index (χ3n) is 3.83. The maximum atomic E-state index is 12.3. The minimum Gasteiger partial charge on any atom is -0.467 e. The van der Waals surface area contributed by atoms with Crippen molar-refractivity contribution in [1.29, 1.82) is 0 Å². The summed E-state index contributed by atoms with van der Waals surface area (Å²) in [5.41, 5.74) is 0.965. The molecular formula is C18H20N4O4. The Morgan fingerprint density at radius 1 is 1.31 bits per heavy atom. The normalized spacial score (nSPS) is 12.3. The summed E-state index contributed by atoms with van der Waals surface area (Å²) in [6.07, 6.45) is 3.67. The molecule has 0 aliphatic heterocycles. The molecule has 0 fully saturated rings. The zero-order chi connectivity index (χ0) is 18.7. The molecule has 26 heavy (non-hydrogen) atoms. The number of aromatic nitrogens is 3. The van der Waals surface area contributed by atoms with Gasteiger partial charge in [-0.1, -0.05) is 0 Å². The molecule has 0 bridgehead atoms. The molecule has 0 spiro atoms. The highest BCUT2D eigenvalue weighted by Crippen LogP contribution is 2.17. The molecule has 3 aromatic rings. The lowest BCUT2D eigenvalue weighted by Gasteiger charge is -2.13. The standard InChI is InChI=1S/C18H20N4O4/c1-11(2)22-16-13(9-21-22)7-14(8-19-16)18(24)26-12(3)17(23)20-10-15-5-4-6-25-15/h4-9,11-12H,10H2,1-3H3,(H,20,23)/t12-/m0/s1. The first-order chi connectivity index (χ1) is 12.5. The fraction of sp³-hybridized carbons (Fsp3) is 0.333. The summed E-state index contributed by atoms with van der Waals surface area (Å²) >= 11 is 0. The lowest BCUT2D eigenvalue weighted by atomic mass is 10.2. The van der Waals surface area contributed by atoms with Crippen LogP contribution in [0, 0.1) is 0 Å². The molecule has 8 heteroatoms. The van der Waals surface area contributed by atoms with Gasteiger partial charge in [-0.25, -0.2) is 14.5 Å². The number of carbonyl (C=O) groups is 2. The van der Waals surface area contributed by atoms with E-state index in [0.717, 1.165) is 5.39 Å². The lowest BCUT2D eigenvalue weighted by molar-refractivity contribution is -0.129. The van der Waals surface area contributed by atoms with Gasteiger partial charge in [0.1, 0.15) is 5.76 Å². The summed E-state index contributed by atoms with van der Waals surface area (Å²) in [5, 5.41) is 7.65. The molecule has 3 rings (SSSR count). The van der Waals surface area contributed by atoms with Gasteiger partial charge in [0.15, 0.2) is 11.8 Å². The molecule has 0 aliphatic rings. The Morgan fingerprint density at radius 3 is 2.81 bits per heavy atom. The molecule has 1 amide bonds. The second kappa shape index (κ2) is 7.38. The van der Waals surface area contributed by atoms with Crippen LogP contribution in [-0.2, 0) is 16.1 Å². The average Bonchev–Trinajstić information content (AvgIpc) is 3.28. The van der Waals surface area contributed by atoms with Crippen LogP contribution in [0.15, 0.2) is 41.3 Å². The van der Waals surface area contributed by atoms with Crippen LogP contribution in [0.25, 0.3) is 11.0 Å². The van der Waals surface area contributed by atoms with E-state index in [1.165, 1.54) is 19.4 Å². The third-order valence-corrected chi connectivity index (χ3v) is 3.83. The van der Waals surface area contributed by atoms with E-state index in [1.807, 2.05) is 13.8 Å². The van der Waals surface area contributed by atoms with Crippen LogP contribution in [0.5, 0.6) is 0 Å². The maximum Gasteiger partial charge on any atom is 0.340 e. The molecule has 0 aromatic carbocycles. The number of furan rings is 1. The molecule has 0 saturated carbocycles. The Balaban J connectivity index is 1.63. The van der Waals surface area contributed by atoms with Crippen molar-refractivity contribution in [3.05, 3.63) is 48.2 Å². The number of esters is 1. The van der Waals surface area contributed by atoms with Crippen LogP contribution in [0.1, 0.15) is 42.9 Å². The van der Waals surface area contributed by atoms with Crippen molar-refractivity contribution in [1.82, 2.24) is 20.1 Å². The molecule has 1 N–H and O–H groups in total. The summed E-state index contributed by atoms with van der Waals surface area (Å²) < 4.78 is 12.1. The number of rotatable bonds is 6. The summed E-state index contributed by atoms with van der Waals surface area (Å²) in [4.78, 5) is 28.6. The van der Waals surface area contributed by atoms with Gasteiger partial charge in [0.25, 0.3) is 5.91 Å². The van der Waals surface area contributed by atoms with Crippen LogP contribution in [-0.4, -0.2) is 32.7 Å². The van der Waals surface area contributed by atoms with Gasteiger partial charge in [0, 0.05) is 17.6 Å². The van der Waals surface area contributed by atoms with Gasteiger partial charge in [0.05, 0.1) is 24.6 Å². The Labute approximate surface area is 150 Å². The Bertz CT molecular complexity index is 915. The van der Waals surface area contributed by atoms with E-state index >= 15 is 0 Å². The van der Waals surface area contributed by atoms with Crippen LogP contribution >= 0.6 is 0 Å². The molecule has 0 saturated heterocycles. The lowest BCUT2D eigenvalue weighted by Crippen LogP contribution is -2.35. The fourth-order valence-electron chi connectivity index (χ4n) is 2.44. The first-order valence-electron chi connectivity index (χ1n) is 8.30. The Hall–Kier alpha value is -3.16. The minimum atomic E-state index is -0.938. The SMILES string of the molecule is CC(C)n1ncc2cc(C(=O)O[C@@H](C)C(=O)NCc3ccco3)cnc21. The van der Waals surface area contributed by atoms with Gasteiger partial charge >= 0.3 is 5.97 Å². The number of nitrogens with one attached hydrogen (secondary N) is 1. The molecular weight excluding hydrogens is 336 g/mol. The number of hydrogen-bond acceptors (Lipinski definition) is 6. The number of fused-ring (bicyclic) bond motifs is 1. The van der Waals surface area contributed by atoms with Gasteiger partial charge in [-0.05, 0) is 39.0 Å². The number of pyridine rings is 1. The number of amides is 1. The van der Waals surface area contributed by atoms with Crippen molar-refractivity contribution < 1.29 is 18.7 Å². The first kappa shape index (κ1) is 17.7. The Morgan fingerprint density at radius 2 is 2.12 bits per heavy atom. The molecule has 1 atom stereocenters. The zero-order valence-corrected chi connectivity index (χ0v) is 14.8. The minimum absolute atomic E-state index is 0.163. The average molecular weight is 356 g/mol. The Kier molecular flexibility index (Phi) is 5.01. The van der Waals surface area contributed by atoms with E-state index in [2.05, 4.69) is 15.4 Å². The van der Waals surface area contributed by atoms with Crippen molar-refractivity contribution in [3.63, 3.8) is 0 Å². The molecule has 0 unspecified atom stereocenters. The highest BCUT2D eigenvalue weighted by atomic mass is 16.5. The zero-order valence-electron chi connectivity index (χ0n) is 14.8. The summed E-state index contributed by atoms with van der Waals surface area (Å²) in [6.45, 7) is 5.74. The monoisotopic (exact) mass is 356 g/mol. The predicted octanol–water partition coefficient (Wildman–Crippen LogP) is 2.47. The fourth-order valence-corrected chi connectivity index (χ4v) is 2.44. The predicted molar refractivity (Wildman–Crippen MR) is 93.3 cm³/mol. The largest absolute Gasteiger partial charge is 0.467 e. The summed E-state index contributed by atoms with van der Waals surface area (Å²) in [5.74, 6) is -0.401. The summed E-state index contributed by atoms with van der Waals surface area (Å²) in [7, 11) is 0. The third kappa shape index (κ3) is 3.74. The highest BCUT2D eigenvalue weighted by Gasteiger charge is 2.20. The number of carbonyl (C=O) groups excluding carboxylic acids is 2. The van der Waals surface area contributed by atoms with Crippen molar-refractivity contribution in [3.8, 4) is 0 Å². The van der Waals surface area contributed by atoms with Crippen molar-refractivity contribution in [2.75, 3.05) is 0 Å². The maximum absolute atomic E-state index is 12.3. The van der Waals surface area contributed by atoms with Crippen LogP contribution < -0.4 is 5.32 Å². The molecule has 3 heterocycles. The van der Waals surface area contributed by atoms with E-state index in [4.69, 9.17) is 9.15 Å². The van der Waals surface area contributed by atoms with Gasteiger partial charge in [-0.2, -0.15) is 5.10 Å². The van der Waals surface area contributed by atoms with Crippen LogP contribution in [0.2, 0.25) is 0 Å². The van der Waals surface area contributed by atoms with E-state index in [1.54, 1.807) is 29.1 Å². The van der Waals surface area contributed by atoms with E-state index in [-0.39, 0.29) is 18.2 Å². The molecule has 136 valence electrons. The smallest absolute Gasteiger partial charge is 0.340 e. The van der Waals surface area contributed by atoms with Crippen LogP contribution in [0.4, 0.5) is 0 Å². The van der Waals surface area contributed by atoms with Gasteiger partial charge in [-0.3, -0.25) is 4.79 Å². The molecule has 0 radical (unpaired) electrons. The van der Waals surface area contributed by atoms with Crippen molar-refractivity contribution in [2.45, 2.75) is 39.5 Å². The number of nitrogens with zero attached hydrogens (tertiary/aromatic N) is 3. The van der Waals surface area contributed by atoms with Crippen molar-refractivity contribution in [2.24, 2.45) is 0 Å². The quantitative estimate of drug-likeness (QED) is 0.681. The van der Waals surface area contributed by atoms with Gasteiger partial charge in [0.2, 0.25) is 0 Å². The van der Waals surface area contributed by atoms with E-state index in [9.17, 15) is 9.59 Å². The number of hydrogen-bond donors (Lipinski definition) is 1. The van der Waals surface area contributed by atoms with Gasteiger partial charge < -0.3 is 14.5 Å². The first-order valence-corrected chi connectivity index (χ1v) is 8.30. The molecule has 8 nitrogen and oxygen atoms in total. The second-order valence-electron chi connectivity index (χ2n) is 6.16. The topological polar surface area (TPSA) is 99.2 Å². The number of ether oxygens (including phenoxy) is 1. The second-order valence-corrected chi connectivity index (χ2v) is 6.16. The van der Waals surface area contributed by atoms with E-state index < -0.39 is 18.0 Å². The molecule has 3 aromatic heterocycles. The van der Waals surface area contributed by atoms with Crippen LogP contribution in [0.3, 0.4) is 0 Å².